The third-order valence-corrected chi connectivity index (χ3v) is 6.63. The van der Waals surface area contributed by atoms with Crippen molar-refractivity contribution in [2.24, 2.45) is 10.2 Å². The normalized spacial score (nSPS) is 11.7. The quantitative estimate of drug-likeness (QED) is 0.0861. The largest absolute Gasteiger partial charge is 1.00 e. The molecule has 3 aromatic carbocycles. The zero-order valence-corrected chi connectivity index (χ0v) is 26.7. The van der Waals surface area contributed by atoms with Crippen LogP contribution in [0.15, 0.2) is 88.1 Å². The minimum Gasteiger partial charge on any atom is -1.00 e. The number of aromatic nitrogens is 1. The Hall–Kier alpha value is -3.55. The summed E-state index contributed by atoms with van der Waals surface area (Å²) in [5, 5.41) is 11.7. The van der Waals surface area contributed by atoms with E-state index in [0.29, 0.717) is 42.1 Å². The number of pyridine rings is 1. The first kappa shape index (κ1) is 33.0. The van der Waals surface area contributed by atoms with Crippen LogP contribution in [0.1, 0.15) is 28.6 Å². The minimum atomic E-state index is -4.52. The molecule has 0 radical (unpaired) electrons. The smallest absolute Gasteiger partial charge is 1.00 e. The number of hydrogen-bond donors (Lipinski definition) is 3. The van der Waals surface area contributed by atoms with Crippen LogP contribution in [-0.4, -0.2) is 42.8 Å². The Balaban J connectivity index is 0.00000323. The third kappa shape index (κ3) is 8.73. The van der Waals surface area contributed by atoms with Crippen LogP contribution in [0.25, 0.3) is 22.0 Å². The van der Waals surface area contributed by atoms with Crippen LogP contribution in [-0.2, 0) is 14.9 Å². The van der Waals surface area contributed by atoms with Gasteiger partial charge in [0.05, 0.1) is 24.2 Å². The van der Waals surface area contributed by atoms with Crippen LogP contribution in [0.5, 0.6) is 5.75 Å². The van der Waals surface area contributed by atoms with Crippen LogP contribution in [0, 0.1) is 0 Å². The van der Waals surface area contributed by atoms with E-state index < -0.39 is 21.8 Å². The van der Waals surface area contributed by atoms with Crippen molar-refractivity contribution in [3.8, 4) is 17.0 Å². The van der Waals surface area contributed by atoms with Crippen molar-refractivity contribution >= 4 is 44.0 Å². The minimum absolute atomic E-state index is 0. The van der Waals surface area contributed by atoms with Crippen molar-refractivity contribution in [3.63, 3.8) is 0 Å². The fraction of sp³-hybridized carbons (Fsp3) is 0.241. The summed E-state index contributed by atoms with van der Waals surface area (Å²) in [7, 11) is -4.52. The van der Waals surface area contributed by atoms with Crippen molar-refractivity contribution < 1.29 is 58.2 Å². The number of carbonyl (C=O) groups excluding carboxylic acids is 1. The summed E-state index contributed by atoms with van der Waals surface area (Å²) in [5.74, 6) is 0.633. The number of anilines is 1. The van der Waals surface area contributed by atoms with E-state index in [2.05, 4.69) is 20.5 Å². The van der Waals surface area contributed by atoms with Gasteiger partial charge >= 0.3 is 35.7 Å². The molecule has 4 N–H and O–H groups in total. The Morgan fingerprint density at radius 2 is 1.74 bits per heavy atom. The SMILES string of the molecule is CC(C)(C)OC(=O)NCCCOc1ccccc1-c1ccc(N=Nc2cc(S(=O)(=O)O)c3ccccc3c2N)cn1.[H-].[Na+]. The van der Waals surface area contributed by atoms with Gasteiger partial charge in [0.25, 0.3) is 10.1 Å². The van der Waals surface area contributed by atoms with Gasteiger partial charge in [0.2, 0.25) is 0 Å². The number of nitrogens with two attached hydrogens (primary N) is 1. The maximum absolute atomic E-state index is 12.0. The summed E-state index contributed by atoms with van der Waals surface area (Å²) in [6.45, 7) is 6.19. The van der Waals surface area contributed by atoms with E-state index in [1.807, 2.05) is 24.3 Å². The van der Waals surface area contributed by atoms with E-state index >= 15 is 0 Å². The molecule has 0 spiro atoms. The fourth-order valence-corrected chi connectivity index (χ4v) is 4.64. The predicted molar refractivity (Wildman–Crippen MR) is 157 cm³/mol. The van der Waals surface area contributed by atoms with Gasteiger partial charge in [0.1, 0.15) is 27.6 Å². The molecule has 0 atom stereocenters. The first-order valence-corrected chi connectivity index (χ1v) is 14.2. The zero-order chi connectivity index (χ0) is 29.6. The molecule has 0 saturated heterocycles. The van der Waals surface area contributed by atoms with Crippen LogP contribution in [0.4, 0.5) is 21.9 Å². The number of fused-ring (bicyclic) bond motifs is 1. The molecule has 0 fully saturated rings. The fourth-order valence-electron chi connectivity index (χ4n) is 3.93. The second kappa shape index (κ2) is 14.1. The maximum Gasteiger partial charge on any atom is 1.00 e. The van der Waals surface area contributed by atoms with Crippen molar-refractivity contribution in [3.05, 3.63) is 72.9 Å². The monoisotopic (exact) mass is 601 g/mol. The number of carbonyl (C=O) groups is 1. The number of nitrogen functional groups attached to an aromatic ring is 1. The molecule has 11 nitrogen and oxygen atoms in total. The summed E-state index contributed by atoms with van der Waals surface area (Å²) in [4.78, 5) is 15.9. The first-order valence-electron chi connectivity index (χ1n) is 12.8. The number of benzene rings is 3. The molecule has 216 valence electrons. The van der Waals surface area contributed by atoms with Gasteiger partial charge in [0.15, 0.2) is 0 Å². The summed E-state index contributed by atoms with van der Waals surface area (Å²) in [6.07, 6.45) is 1.63. The van der Waals surface area contributed by atoms with Gasteiger partial charge in [-0.15, -0.1) is 10.2 Å². The molecular formula is C29H32N5NaO6S. The molecule has 1 heterocycles. The molecule has 4 rings (SSSR count). The Kier molecular flexibility index (Phi) is 11.0. The van der Waals surface area contributed by atoms with E-state index in [-0.39, 0.29) is 52.6 Å². The van der Waals surface area contributed by atoms with E-state index in [4.69, 9.17) is 15.2 Å². The third-order valence-electron chi connectivity index (χ3n) is 5.74. The number of nitrogens with zero attached hydrogens (tertiary/aromatic N) is 3. The average Bonchev–Trinajstić information content (AvgIpc) is 2.91. The van der Waals surface area contributed by atoms with Gasteiger partial charge in [-0.05, 0) is 57.5 Å². The molecule has 42 heavy (non-hydrogen) atoms. The number of rotatable bonds is 9. The maximum atomic E-state index is 12.0. The van der Waals surface area contributed by atoms with Crippen molar-refractivity contribution in [2.45, 2.75) is 37.7 Å². The zero-order valence-electron chi connectivity index (χ0n) is 24.9. The Morgan fingerprint density at radius 3 is 2.40 bits per heavy atom. The predicted octanol–water partition coefficient (Wildman–Crippen LogP) is 3.56. The number of nitrogens with one attached hydrogen (secondary N) is 1. The van der Waals surface area contributed by atoms with Gasteiger partial charge in [0, 0.05) is 22.9 Å². The van der Waals surface area contributed by atoms with E-state index in [1.54, 1.807) is 57.2 Å². The molecule has 0 bridgehead atoms. The van der Waals surface area contributed by atoms with Crippen LogP contribution in [0.2, 0.25) is 0 Å². The van der Waals surface area contributed by atoms with Crippen LogP contribution < -0.4 is 45.3 Å². The molecule has 1 amide bonds. The first-order chi connectivity index (χ1) is 19.4. The van der Waals surface area contributed by atoms with Crippen molar-refractivity contribution in [1.82, 2.24) is 10.3 Å². The summed E-state index contributed by atoms with van der Waals surface area (Å²) >= 11 is 0. The molecule has 0 aliphatic rings. The molecule has 0 unspecified atom stereocenters. The van der Waals surface area contributed by atoms with E-state index in [1.165, 1.54) is 12.3 Å². The number of para-hydroxylation sites is 1. The summed E-state index contributed by atoms with van der Waals surface area (Å²) in [6, 6.07) is 18.7. The molecule has 0 aliphatic carbocycles. The van der Waals surface area contributed by atoms with Gasteiger partial charge in [-0.2, -0.15) is 8.42 Å². The molecule has 0 saturated carbocycles. The second-order valence-electron chi connectivity index (χ2n) is 10.1. The summed E-state index contributed by atoms with van der Waals surface area (Å²) in [5.41, 5.74) is 7.81. The Morgan fingerprint density at radius 1 is 1.05 bits per heavy atom. The van der Waals surface area contributed by atoms with E-state index in [0.717, 1.165) is 5.56 Å². The molecule has 4 aromatic rings. The molecule has 1 aromatic heterocycles. The number of ether oxygens (including phenoxy) is 2. The van der Waals surface area contributed by atoms with Crippen molar-refractivity contribution in [2.75, 3.05) is 18.9 Å². The Bertz CT molecular complexity index is 1700. The number of amides is 1. The van der Waals surface area contributed by atoms with Gasteiger partial charge < -0.3 is 22.0 Å². The standard InChI is InChI=1S/C29H31N5O6S.Na.H/c1-29(2,3)40-28(35)31-15-8-16-39-25-12-7-6-11-22(25)23-14-13-19(18-32-23)33-34-24-17-26(41(36,37)38)20-9-4-5-10-21(20)27(24)30;;/h4-7,9-14,17-18H,8,15-16,30H2,1-3H3,(H,31,35)(H,36,37,38);;/q;+1;-1. The van der Waals surface area contributed by atoms with E-state index in [9.17, 15) is 17.8 Å². The average molecular weight is 602 g/mol. The number of hydrogen-bond acceptors (Lipinski definition) is 9. The van der Waals surface area contributed by atoms with Gasteiger partial charge in [-0.25, -0.2) is 4.79 Å². The van der Waals surface area contributed by atoms with Crippen LogP contribution >= 0.6 is 0 Å². The summed E-state index contributed by atoms with van der Waals surface area (Å²) < 4.78 is 44.8. The molecular weight excluding hydrogens is 569 g/mol. The topological polar surface area (TPSA) is 166 Å². The van der Waals surface area contributed by atoms with Gasteiger partial charge in [-0.3, -0.25) is 9.54 Å². The van der Waals surface area contributed by atoms with Crippen molar-refractivity contribution in [1.29, 1.82) is 0 Å². The molecule has 0 aliphatic heterocycles. The van der Waals surface area contributed by atoms with Gasteiger partial charge in [-0.1, -0.05) is 36.4 Å². The number of azo groups is 1. The molecule has 13 heteroatoms. The number of alkyl carbamates (subject to hydrolysis) is 1. The van der Waals surface area contributed by atoms with Crippen LogP contribution in [0.3, 0.4) is 0 Å². The Labute approximate surface area is 268 Å². The second-order valence-corrected chi connectivity index (χ2v) is 11.4.